The number of nitrogens with zero attached hydrogens (tertiary/aromatic N) is 7. The van der Waals surface area contributed by atoms with E-state index in [1.165, 1.54) is 26.8 Å². The zero-order chi connectivity index (χ0) is 33.6. The Morgan fingerprint density at radius 2 is 1.82 bits per heavy atom. The first-order chi connectivity index (χ1) is 23.7. The predicted molar refractivity (Wildman–Crippen MR) is 187 cm³/mol. The lowest BCUT2D eigenvalue weighted by molar-refractivity contribution is -0.0846. The molecule has 4 saturated heterocycles. The summed E-state index contributed by atoms with van der Waals surface area (Å²) in [5.74, 6) is 0.923. The third kappa shape index (κ3) is 4.92. The quantitative estimate of drug-likeness (QED) is 0.271. The van der Waals surface area contributed by atoms with Crippen molar-refractivity contribution in [2.45, 2.75) is 57.8 Å². The molecule has 0 amide bonds. The van der Waals surface area contributed by atoms with E-state index < -0.39 is 0 Å². The third-order valence-electron chi connectivity index (χ3n) is 10.9. The van der Waals surface area contributed by atoms with Gasteiger partial charge in [-0.15, -0.1) is 0 Å². The Kier molecular flexibility index (Phi) is 6.88. The number of aryl methyl sites for hydroxylation is 1. The standard InChI is InChI=1S/C37H40N8O4/c1-37(2)13-22-11-31-36(48)44(9-8-43(31)32(22)14-37)34-29(19-46)28(6-7-38-34)23-10-30(35(47)41(3)16-23)40-33-5-4-24(15-39-33)45-25-12-26(45)18-42(17-25)27-20-49-21-27/h4-11,15-16,25-27,46H,12-14,17-21H2,1-3H3,(H,39,40). The highest BCUT2D eigenvalue weighted by Gasteiger charge is 2.47. The van der Waals surface area contributed by atoms with E-state index in [-0.39, 0.29) is 23.1 Å². The second kappa shape index (κ2) is 11.1. The van der Waals surface area contributed by atoms with Crippen LogP contribution in [0.3, 0.4) is 0 Å². The number of aliphatic hydroxyl groups is 1. The smallest absolute Gasteiger partial charge is 0.280 e. The van der Waals surface area contributed by atoms with Crippen molar-refractivity contribution < 1.29 is 9.84 Å². The number of hydrogen-bond acceptors (Lipinski definition) is 9. The molecule has 2 atom stereocenters. The zero-order valence-corrected chi connectivity index (χ0v) is 28.0. The van der Waals surface area contributed by atoms with Gasteiger partial charge in [-0.25, -0.2) is 9.97 Å². The third-order valence-corrected chi connectivity index (χ3v) is 10.9. The van der Waals surface area contributed by atoms with Gasteiger partial charge in [0.25, 0.3) is 11.1 Å². The molecule has 2 bridgehead atoms. The van der Waals surface area contributed by atoms with Crippen LogP contribution < -0.4 is 21.3 Å². The SMILES string of the molecule is Cn1cc(-c2ccnc(-n3ccn4c5c(cc4c3=O)CC(C)(C)C5)c2CO)cc(Nc2ccc(N3C4CC3CN(C3COC3)C4)cn2)c1=O. The van der Waals surface area contributed by atoms with Gasteiger partial charge in [0.1, 0.15) is 22.8 Å². The highest BCUT2D eigenvalue weighted by atomic mass is 16.5. The van der Waals surface area contributed by atoms with E-state index in [2.05, 4.69) is 45.0 Å². The maximum atomic E-state index is 13.8. The van der Waals surface area contributed by atoms with Crippen LogP contribution in [0.15, 0.2) is 70.9 Å². The Bertz CT molecular complexity index is 2220. The Morgan fingerprint density at radius 3 is 2.53 bits per heavy atom. The van der Waals surface area contributed by atoms with Crippen molar-refractivity contribution in [2.24, 2.45) is 12.5 Å². The van der Waals surface area contributed by atoms with E-state index >= 15 is 0 Å². The molecule has 5 aromatic rings. The molecule has 4 fully saturated rings. The Morgan fingerprint density at radius 1 is 1.00 bits per heavy atom. The van der Waals surface area contributed by atoms with Crippen LogP contribution in [-0.4, -0.2) is 77.9 Å². The van der Waals surface area contributed by atoms with Gasteiger partial charge in [-0.2, -0.15) is 0 Å². The number of piperidine rings is 1. The summed E-state index contributed by atoms with van der Waals surface area (Å²) in [5.41, 5.74) is 6.04. The second-order valence-corrected chi connectivity index (χ2v) is 14.9. The minimum Gasteiger partial charge on any atom is -0.392 e. The molecule has 12 nitrogen and oxygen atoms in total. The van der Waals surface area contributed by atoms with Crippen molar-refractivity contribution in [3.05, 3.63) is 98.8 Å². The number of anilines is 3. The topological polar surface area (TPSA) is 122 Å². The van der Waals surface area contributed by atoms with Crippen LogP contribution in [0.2, 0.25) is 0 Å². The maximum absolute atomic E-state index is 13.8. The number of aromatic nitrogens is 5. The average Bonchev–Trinajstić information content (AvgIpc) is 3.55. The van der Waals surface area contributed by atoms with Gasteiger partial charge in [0.05, 0.1) is 37.7 Å². The van der Waals surface area contributed by atoms with Crippen LogP contribution in [0.5, 0.6) is 0 Å². The summed E-state index contributed by atoms with van der Waals surface area (Å²) in [6.45, 7) is 7.93. The van der Waals surface area contributed by atoms with Crippen LogP contribution in [0.1, 0.15) is 37.1 Å². The summed E-state index contributed by atoms with van der Waals surface area (Å²) in [7, 11) is 1.70. The van der Waals surface area contributed by atoms with Crippen molar-refractivity contribution >= 4 is 22.7 Å². The summed E-state index contributed by atoms with van der Waals surface area (Å²) in [6.07, 6.45) is 11.9. The number of fused-ring (bicyclic) bond motifs is 5. The van der Waals surface area contributed by atoms with Crippen molar-refractivity contribution in [3.63, 3.8) is 0 Å². The lowest BCUT2D eigenvalue weighted by Gasteiger charge is -2.59. The van der Waals surface area contributed by atoms with Crippen LogP contribution in [0, 0.1) is 5.41 Å². The van der Waals surface area contributed by atoms with E-state index in [0.29, 0.717) is 57.7 Å². The molecule has 2 N–H and O–H groups in total. The van der Waals surface area contributed by atoms with Crippen LogP contribution in [0.25, 0.3) is 22.5 Å². The van der Waals surface area contributed by atoms with Gasteiger partial charge in [0, 0.05) is 73.8 Å². The fraction of sp³-hybridized carbons (Fsp3) is 0.405. The summed E-state index contributed by atoms with van der Waals surface area (Å²) < 4.78 is 10.4. The molecule has 10 rings (SSSR count). The number of nitrogens with one attached hydrogen (secondary N) is 1. The molecular weight excluding hydrogens is 620 g/mol. The Hall–Kier alpha value is -4.78. The molecule has 4 aliphatic heterocycles. The maximum Gasteiger partial charge on any atom is 0.280 e. The molecule has 12 heteroatoms. The van der Waals surface area contributed by atoms with E-state index in [0.717, 1.165) is 44.8 Å². The van der Waals surface area contributed by atoms with Crippen molar-refractivity contribution in [2.75, 3.05) is 36.5 Å². The second-order valence-electron chi connectivity index (χ2n) is 14.9. The molecule has 1 aliphatic carbocycles. The Labute approximate surface area is 283 Å². The molecule has 5 aromatic heterocycles. The van der Waals surface area contributed by atoms with Crippen molar-refractivity contribution in [3.8, 4) is 16.9 Å². The van der Waals surface area contributed by atoms with Crippen LogP contribution >= 0.6 is 0 Å². The van der Waals surface area contributed by atoms with Gasteiger partial charge < -0.3 is 29.0 Å². The zero-order valence-electron chi connectivity index (χ0n) is 28.0. The van der Waals surface area contributed by atoms with E-state index in [1.807, 2.05) is 28.9 Å². The minimum absolute atomic E-state index is 0.172. The number of pyridine rings is 3. The molecule has 49 heavy (non-hydrogen) atoms. The van der Waals surface area contributed by atoms with Gasteiger partial charge in [-0.05, 0) is 66.1 Å². The molecule has 9 heterocycles. The first-order valence-corrected chi connectivity index (χ1v) is 17.1. The number of ether oxygens (including phenoxy) is 1. The first kappa shape index (κ1) is 30.3. The number of piperazine rings is 1. The molecule has 0 saturated carbocycles. The lowest BCUT2D eigenvalue weighted by atomic mass is 9.86. The lowest BCUT2D eigenvalue weighted by Crippen LogP contribution is -2.72. The Balaban J connectivity index is 0.998. The minimum atomic E-state index is -0.346. The van der Waals surface area contributed by atoms with E-state index in [4.69, 9.17) is 4.74 Å². The van der Waals surface area contributed by atoms with E-state index in [9.17, 15) is 14.7 Å². The van der Waals surface area contributed by atoms with Crippen molar-refractivity contribution in [1.29, 1.82) is 0 Å². The van der Waals surface area contributed by atoms with Crippen LogP contribution in [-0.2, 0) is 31.2 Å². The number of hydrogen-bond donors (Lipinski definition) is 2. The molecule has 0 spiro atoms. The molecule has 0 aromatic carbocycles. The summed E-state index contributed by atoms with van der Waals surface area (Å²) in [5, 5.41) is 13.9. The molecular formula is C37H40N8O4. The van der Waals surface area contributed by atoms with E-state index in [1.54, 1.807) is 37.8 Å². The van der Waals surface area contributed by atoms with Gasteiger partial charge in [-0.1, -0.05) is 13.8 Å². The normalized spacial score (nSPS) is 21.4. The molecule has 0 radical (unpaired) electrons. The van der Waals surface area contributed by atoms with Crippen molar-refractivity contribution in [1.82, 2.24) is 28.4 Å². The highest BCUT2D eigenvalue weighted by molar-refractivity contribution is 5.73. The largest absolute Gasteiger partial charge is 0.392 e. The molecule has 252 valence electrons. The van der Waals surface area contributed by atoms with Gasteiger partial charge in [0.2, 0.25) is 0 Å². The summed E-state index contributed by atoms with van der Waals surface area (Å²) in [6, 6.07) is 11.1. The summed E-state index contributed by atoms with van der Waals surface area (Å²) >= 11 is 0. The van der Waals surface area contributed by atoms with Gasteiger partial charge >= 0.3 is 0 Å². The van der Waals surface area contributed by atoms with Crippen LogP contribution in [0.4, 0.5) is 17.2 Å². The fourth-order valence-electron chi connectivity index (χ4n) is 8.44. The fourth-order valence-corrected chi connectivity index (χ4v) is 8.44. The van der Waals surface area contributed by atoms with Gasteiger partial charge in [-0.3, -0.25) is 19.1 Å². The average molecular weight is 661 g/mol. The molecule has 5 aliphatic rings. The predicted octanol–water partition coefficient (Wildman–Crippen LogP) is 3.27. The monoisotopic (exact) mass is 660 g/mol. The summed E-state index contributed by atoms with van der Waals surface area (Å²) in [4.78, 5) is 41.4. The molecule has 2 unspecified atom stereocenters. The highest BCUT2D eigenvalue weighted by Crippen LogP contribution is 2.39. The van der Waals surface area contributed by atoms with Gasteiger partial charge in [0.15, 0.2) is 0 Å². The first-order valence-electron chi connectivity index (χ1n) is 17.1. The number of aliphatic hydroxyl groups excluding tert-OH is 1. The number of rotatable bonds is 7.